The van der Waals surface area contributed by atoms with Crippen molar-refractivity contribution in [3.63, 3.8) is 0 Å². The highest BCUT2D eigenvalue weighted by molar-refractivity contribution is 9.10. The molecule has 2 nitrogen and oxygen atoms in total. The Kier molecular flexibility index (Phi) is 7.68. The fraction of sp³-hybridized carbons (Fsp3) is 0.231. The molecule has 3 aromatic carbocycles. The minimum atomic E-state index is 0.683. The van der Waals surface area contributed by atoms with Crippen molar-refractivity contribution >= 4 is 27.1 Å². The first kappa shape index (κ1) is 21.4. The number of rotatable bonds is 8. The molecule has 0 saturated carbocycles. The molecule has 0 saturated heterocycles. The number of halogens is 1. The van der Waals surface area contributed by atoms with Gasteiger partial charge in [-0.25, -0.2) is 0 Å². The summed E-state index contributed by atoms with van der Waals surface area (Å²) in [6.45, 7) is 3.80. The zero-order chi connectivity index (χ0) is 20.6. The lowest BCUT2D eigenvalue weighted by Gasteiger charge is -2.17. The standard InChI is InChI=1S/C26H27BrNO/c1-4-25(20-10-14-23(27)15-11-20)26(21-8-6-5-7-9-21)22-12-16-24(17-13-22)29-19-18-28(2)3/h6-17H,4,18-19H2,1-3H3/b26-25+. The van der Waals surface area contributed by atoms with E-state index in [-0.39, 0.29) is 0 Å². The number of allylic oxidation sites excluding steroid dienone is 1. The Balaban J connectivity index is 2.01. The van der Waals surface area contributed by atoms with Crippen LogP contribution in [-0.2, 0) is 0 Å². The molecule has 0 aliphatic heterocycles. The van der Waals surface area contributed by atoms with Crippen molar-refractivity contribution in [3.05, 3.63) is 100 Å². The van der Waals surface area contributed by atoms with Crippen molar-refractivity contribution in [1.29, 1.82) is 0 Å². The van der Waals surface area contributed by atoms with Crippen LogP contribution in [0, 0.1) is 6.07 Å². The lowest BCUT2D eigenvalue weighted by atomic mass is 9.88. The van der Waals surface area contributed by atoms with Gasteiger partial charge >= 0.3 is 0 Å². The smallest absolute Gasteiger partial charge is 0.119 e. The molecule has 0 aliphatic rings. The lowest BCUT2D eigenvalue weighted by Crippen LogP contribution is -2.19. The van der Waals surface area contributed by atoms with Crippen LogP contribution in [0.3, 0.4) is 0 Å². The summed E-state index contributed by atoms with van der Waals surface area (Å²) in [6.07, 6.45) is 0.941. The third-order valence-corrected chi connectivity index (χ3v) is 5.33. The van der Waals surface area contributed by atoms with Gasteiger partial charge in [-0.15, -0.1) is 0 Å². The Hall–Kier alpha value is -2.36. The second kappa shape index (κ2) is 10.4. The van der Waals surface area contributed by atoms with Crippen molar-refractivity contribution in [2.75, 3.05) is 27.2 Å². The third kappa shape index (κ3) is 5.81. The van der Waals surface area contributed by atoms with Crippen LogP contribution in [0.2, 0.25) is 0 Å². The number of hydrogen-bond donors (Lipinski definition) is 0. The van der Waals surface area contributed by atoms with Gasteiger partial charge < -0.3 is 9.64 Å². The summed E-state index contributed by atoms with van der Waals surface area (Å²) in [7, 11) is 4.10. The Morgan fingerprint density at radius 3 is 2.03 bits per heavy atom. The Morgan fingerprint density at radius 2 is 1.45 bits per heavy atom. The molecule has 3 aromatic rings. The van der Waals surface area contributed by atoms with Crippen molar-refractivity contribution < 1.29 is 4.74 Å². The first-order chi connectivity index (χ1) is 14.1. The van der Waals surface area contributed by atoms with Gasteiger partial charge in [0.05, 0.1) is 0 Å². The summed E-state index contributed by atoms with van der Waals surface area (Å²) in [4.78, 5) is 2.12. The molecule has 3 rings (SSSR count). The first-order valence-corrected chi connectivity index (χ1v) is 10.7. The van der Waals surface area contributed by atoms with Crippen LogP contribution in [0.1, 0.15) is 30.0 Å². The van der Waals surface area contributed by atoms with E-state index in [0.29, 0.717) is 6.61 Å². The van der Waals surface area contributed by atoms with Crippen molar-refractivity contribution in [2.45, 2.75) is 13.3 Å². The number of benzene rings is 3. The number of nitrogens with zero attached hydrogens (tertiary/aromatic N) is 1. The van der Waals surface area contributed by atoms with E-state index >= 15 is 0 Å². The quantitative estimate of drug-likeness (QED) is 0.361. The van der Waals surface area contributed by atoms with E-state index in [4.69, 9.17) is 4.74 Å². The zero-order valence-corrected chi connectivity index (χ0v) is 18.9. The highest BCUT2D eigenvalue weighted by Gasteiger charge is 2.13. The lowest BCUT2D eigenvalue weighted by molar-refractivity contribution is 0.261. The van der Waals surface area contributed by atoms with E-state index < -0.39 is 0 Å². The number of likely N-dealkylation sites (N-methyl/N-ethyl adjacent to an activating group) is 1. The van der Waals surface area contributed by atoms with Crippen LogP contribution in [0.4, 0.5) is 0 Å². The highest BCUT2D eigenvalue weighted by atomic mass is 79.9. The number of ether oxygens (including phenoxy) is 1. The largest absolute Gasteiger partial charge is 0.492 e. The second-order valence-electron chi connectivity index (χ2n) is 7.18. The maximum atomic E-state index is 5.87. The van der Waals surface area contributed by atoms with Gasteiger partial charge in [0.15, 0.2) is 0 Å². The maximum Gasteiger partial charge on any atom is 0.119 e. The average Bonchev–Trinajstić information content (AvgIpc) is 2.74. The van der Waals surface area contributed by atoms with Crippen LogP contribution in [0.25, 0.3) is 11.1 Å². The van der Waals surface area contributed by atoms with Crippen molar-refractivity contribution in [3.8, 4) is 5.75 Å². The molecule has 3 heteroatoms. The molecule has 0 fully saturated rings. The van der Waals surface area contributed by atoms with Gasteiger partial charge in [-0.05, 0) is 78.7 Å². The summed E-state index contributed by atoms with van der Waals surface area (Å²) in [6, 6.07) is 28.3. The van der Waals surface area contributed by atoms with Crippen LogP contribution < -0.4 is 4.74 Å². The summed E-state index contributed by atoms with van der Waals surface area (Å²) in [5.74, 6) is 0.901. The zero-order valence-electron chi connectivity index (χ0n) is 17.3. The second-order valence-corrected chi connectivity index (χ2v) is 8.09. The molecule has 29 heavy (non-hydrogen) atoms. The first-order valence-electron chi connectivity index (χ1n) is 9.92. The van der Waals surface area contributed by atoms with Gasteiger partial charge in [-0.1, -0.05) is 71.4 Å². The predicted molar refractivity (Wildman–Crippen MR) is 126 cm³/mol. The van der Waals surface area contributed by atoms with Crippen molar-refractivity contribution in [2.24, 2.45) is 0 Å². The van der Waals surface area contributed by atoms with E-state index in [1.165, 1.54) is 27.8 Å². The molecular formula is C26H27BrNO. The molecule has 0 amide bonds. The summed E-state index contributed by atoms with van der Waals surface area (Å²) < 4.78 is 6.96. The molecule has 0 heterocycles. The number of hydrogen-bond acceptors (Lipinski definition) is 2. The fourth-order valence-electron chi connectivity index (χ4n) is 3.31. The van der Waals surface area contributed by atoms with Gasteiger partial charge in [0.2, 0.25) is 0 Å². The molecule has 0 atom stereocenters. The predicted octanol–water partition coefficient (Wildman–Crippen LogP) is 6.56. The summed E-state index contributed by atoms with van der Waals surface area (Å²) >= 11 is 3.54. The van der Waals surface area contributed by atoms with Gasteiger partial charge in [-0.3, -0.25) is 0 Å². The molecule has 0 bridgehead atoms. The summed E-state index contributed by atoms with van der Waals surface area (Å²) in [5.41, 5.74) is 6.21. The maximum absolute atomic E-state index is 5.87. The molecule has 149 valence electrons. The third-order valence-electron chi connectivity index (χ3n) is 4.81. The normalized spacial score (nSPS) is 12.0. The molecule has 1 radical (unpaired) electrons. The van der Waals surface area contributed by atoms with Crippen LogP contribution in [0.5, 0.6) is 5.75 Å². The molecule has 0 spiro atoms. The molecular weight excluding hydrogens is 422 g/mol. The van der Waals surface area contributed by atoms with Gasteiger partial charge in [0, 0.05) is 11.0 Å². The highest BCUT2D eigenvalue weighted by Crippen LogP contribution is 2.35. The Morgan fingerprint density at radius 1 is 0.862 bits per heavy atom. The van der Waals surface area contributed by atoms with E-state index in [9.17, 15) is 0 Å². The Bertz CT molecular complexity index is 929. The SMILES string of the molecule is CC/C(=C(/c1cc[c]cc1)c1ccc(OCCN(C)C)cc1)c1ccc(Br)cc1. The van der Waals surface area contributed by atoms with E-state index in [0.717, 1.165) is 23.2 Å². The monoisotopic (exact) mass is 448 g/mol. The molecule has 0 aromatic heterocycles. The molecule has 0 unspecified atom stereocenters. The topological polar surface area (TPSA) is 12.5 Å². The van der Waals surface area contributed by atoms with Gasteiger partial charge in [-0.2, -0.15) is 0 Å². The van der Waals surface area contributed by atoms with Crippen LogP contribution >= 0.6 is 15.9 Å². The average molecular weight is 449 g/mol. The molecule has 0 aliphatic carbocycles. The fourth-order valence-corrected chi connectivity index (χ4v) is 3.57. The minimum absolute atomic E-state index is 0.683. The van der Waals surface area contributed by atoms with Gasteiger partial charge in [0.25, 0.3) is 0 Å². The Labute approximate surface area is 183 Å². The van der Waals surface area contributed by atoms with E-state index in [1.54, 1.807) is 0 Å². The van der Waals surface area contributed by atoms with Crippen molar-refractivity contribution in [1.82, 2.24) is 4.90 Å². The van der Waals surface area contributed by atoms with Gasteiger partial charge in [0.1, 0.15) is 12.4 Å². The van der Waals surface area contributed by atoms with E-state index in [1.807, 2.05) is 12.1 Å². The molecule has 0 N–H and O–H groups in total. The van der Waals surface area contributed by atoms with Crippen LogP contribution in [-0.4, -0.2) is 32.1 Å². The summed E-state index contributed by atoms with van der Waals surface area (Å²) in [5, 5.41) is 0. The van der Waals surface area contributed by atoms with Crippen LogP contribution in [0.15, 0.2) is 77.3 Å². The minimum Gasteiger partial charge on any atom is -0.492 e. The van der Waals surface area contributed by atoms with E-state index in [2.05, 4.69) is 109 Å².